The fraction of sp³-hybridized carbons (Fsp3) is 0.263. The lowest BCUT2D eigenvalue weighted by atomic mass is 10.1. The van der Waals surface area contributed by atoms with Crippen molar-refractivity contribution >= 4 is 17.4 Å². The van der Waals surface area contributed by atoms with Crippen molar-refractivity contribution in [2.24, 2.45) is 0 Å². The van der Waals surface area contributed by atoms with E-state index in [-0.39, 0.29) is 18.3 Å². The topological polar surface area (TPSA) is 83.1 Å². The first-order chi connectivity index (χ1) is 12.6. The van der Waals surface area contributed by atoms with Gasteiger partial charge in [0, 0.05) is 17.3 Å². The molecule has 2 aromatic carbocycles. The molecule has 0 aliphatic carbocycles. The molecule has 7 nitrogen and oxygen atoms in total. The quantitative estimate of drug-likeness (QED) is 0.801. The number of rotatable bonds is 6. The predicted octanol–water partition coefficient (Wildman–Crippen LogP) is 2.69. The highest BCUT2D eigenvalue weighted by Gasteiger charge is 2.14. The standard InChI is InChI=1S/C19H19NO6/c1-12(21)13-3-5-15(17(9-13)23-2)26-11-19(22)20-14-4-6-16-18(10-14)25-8-7-24-16/h3-6,9-10H,7-8,11H2,1-2H3,(H,20,22). The molecule has 0 unspecified atom stereocenters. The van der Waals surface area contributed by atoms with Gasteiger partial charge >= 0.3 is 0 Å². The van der Waals surface area contributed by atoms with E-state index < -0.39 is 0 Å². The number of hydrogen-bond donors (Lipinski definition) is 1. The zero-order valence-electron chi connectivity index (χ0n) is 14.5. The monoisotopic (exact) mass is 357 g/mol. The number of methoxy groups -OCH3 is 1. The van der Waals surface area contributed by atoms with Gasteiger partial charge in [-0.2, -0.15) is 0 Å². The smallest absolute Gasteiger partial charge is 0.262 e. The van der Waals surface area contributed by atoms with Crippen molar-refractivity contribution in [3.63, 3.8) is 0 Å². The second kappa shape index (κ2) is 7.77. The molecule has 1 N–H and O–H groups in total. The molecule has 1 aliphatic rings. The lowest BCUT2D eigenvalue weighted by Gasteiger charge is -2.19. The van der Waals surface area contributed by atoms with E-state index >= 15 is 0 Å². The molecule has 0 spiro atoms. The Morgan fingerprint density at radius 3 is 2.54 bits per heavy atom. The van der Waals surface area contributed by atoms with E-state index in [4.69, 9.17) is 18.9 Å². The van der Waals surface area contributed by atoms with Crippen LogP contribution in [0.2, 0.25) is 0 Å². The summed E-state index contributed by atoms with van der Waals surface area (Å²) in [6.07, 6.45) is 0. The number of carbonyl (C=O) groups excluding carboxylic acids is 2. The molecular weight excluding hydrogens is 338 g/mol. The third-order valence-corrected chi connectivity index (χ3v) is 3.75. The molecule has 1 amide bonds. The molecule has 1 aliphatic heterocycles. The van der Waals surface area contributed by atoms with Gasteiger partial charge in [-0.15, -0.1) is 0 Å². The molecule has 0 aromatic heterocycles. The average molecular weight is 357 g/mol. The van der Waals surface area contributed by atoms with Crippen LogP contribution in [0.5, 0.6) is 23.0 Å². The summed E-state index contributed by atoms with van der Waals surface area (Å²) in [7, 11) is 1.47. The third kappa shape index (κ3) is 4.05. The van der Waals surface area contributed by atoms with Crippen LogP contribution in [-0.4, -0.2) is 38.6 Å². The van der Waals surface area contributed by atoms with Crippen molar-refractivity contribution in [2.75, 3.05) is 32.2 Å². The Kier molecular flexibility index (Phi) is 5.26. The SMILES string of the molecule is COc1cc(C(C)=O)ccc1OCC(=O)Nc1ccc2c(c1)OCCO2. The van der Waals surface area contributed by atoms with Crippen LogP contribution >= 0.6 is 0 Å². The van der Waals surface area contributed by atoms with Gasteiger partial charge in [-0.3, -0.25) is 9.59 Å². The van der Waals surface area contributed by atoms with Gasteiger partial charge in [0.25, 0.3) is 5.91 Å². The molecule has 7 heteroatoms. The Hall–Kier alpha value is -3.22. The maximum Gasteiger partial charge on any atom is 0.262 e. The van der Waals surface area contributed by atoms with Crippen molar-refractivity contribution < 1.29 is 28.5 Å². The lowest BCUT2D eigenvalue weighted by Crippen LogP contribution is -2.21. The van der Waals surface area contributed by atoms with Gasteiger partial charge in [-0.1, -0.05) is 0 Å². The summed E-state index contributed by atoms with van der Waals surface area (Å²) in [4.78, 5) is 23.5. The highest BCUT2D eigenvalue weighted by atomic mass is 16.6. The van der Waals surface area contributed by atoms with E-state index in [9.17, 15) is 9.59 Å². The van der Waals surface area contributed by atoms with E-state index in [0.29, 0.717) is 47.5 Å². The molecule has 0 atom stereocenters. The van der Waals surface area contributed by atoms with E-state index in [1.54, 1.807) is 36.4 Å². The lowest BCUT2D eigenvalue weighted by molar-refractivity contribution is -0.118. The van der Waals surface area contributed by atoms with Crippen LogP contribution in [0.4, 0.5) is 5.69 Å². The van der Waals surface area contributed by atoms with Crippen molar-refractivity contribution in [1.29, 1.82) is 0 Å². The first-order valence-corrected chi connectivity index (χ1v) is 8.08. The van der Waals surface area contributed by atoms with Crippen molar-refractivity contribution in [1.82, 2.24) is 0 Å². The number of anilines is 1. The first-order valence-electron chi connectivity index (χ1n) is 8.08. The maximum absolute atomic E-state index is 12.1. The fourth-order valence-electron chi connectivity index (χ4n) is 2.47. The van der Waals surface area contributed by atoms with Gasteiger partial charge in [0.2, 0.25) is 0 Å². The number of Topliss-reactive ketones (excluding diaryl/α,β-unsaturated/α-hetero) is 1. The van der Waals surface area contributed by atoms with E-state index in [0.717, 1.165) is 0 Å². The summed E-state index contributed by atoms with van der Waals surface area (Å²) in [5.41, 5.74) is 1.09. The van der Waals surface area contributed by atoms with Crippen molar-refractivity contribution in [3.05, 3.63) is 42.0 Å². The second-order valence-corrected chi connectivity index (χ2v) is 5.62. The molecule has 136 valence electrons. The Morgan fingerprint density at radius 2 is 1.81 bits per heavy atom. The molecular formula is C19H19NO6. The number of nitrogens with one attached hydrogen (secondary N) is 1. The average Bonchev–Trinajstić information content (AvgIpc) is 2.66. The van der Waals surface area contributed by atoms with E-state index in [2.05, 4.69) is 5.32 Å². The van der Waals surface area contributed by atoms with Crippen LogP contribution in [0.25, 0.3) is 0 Å². The first kappa shape index (κ1) is 17.6. The minimum Gasteiger partial charge on any atom is -0.493 e. The number of hydrogen-bond acceptors (Lipinski definition) is 6. The summed E-state index contributed by atoms with van der Waals surface area (Å²) in [5.74, 6) is 1.61. The Morgan fingerprint density at radius 1 is 1.04 bits per heavy atom. The molecule has 0 fully saturated rings. The van der Waals surface area contributed by atoms with Gasteiger partial charge in [0.05, 0.1) is 7.11 Å². The zero-order chi connectivity index (χ0) is 18.5. The molecule has 0 bridgehead atoms. The van der Waals surface area contributed by atoms with Gasteiger partial charge < -0.3 is 24.3 Å². The van der Waals surface area contributed by atoms with Crippen LogP contribution in [-0.2, 0) is 4.79 Å². The highest BCUT2D eigenvalue weighted by molar-refractivity contribution is 5.95. The number of carbonyl (C=O) groups is 2. The van der Waals surface area contributed by atoms with Gasteiger partial charge in [0.1, 0.15) is 13.2 Å². The minimum atomic E-state index is -0.334. The summed E-state index contributed by atoms with van der Waals surface area (Å²) < 4.78 is 21.6. The van der Waals surface area contributed by atoms with Crippen LogP contribution in [0.1, 0.15) is 17.3 Å². The van der Waals surface area contributed by atoms with Crippen LogP contribution in [0.3, 0.4) is 0 Å². The molecule has 0 radical (unpaired) electrons. The molecule has 0 saturated heterocycles. The Balaban J connectivity index is 1.61. The number of fused-ring (bicyclic) bond motifs is 1. The van der Waals surface area contributed by atoms with E-state index in [1.165, 1.54) is 14.0 Å². The molecule has 1 heterocycles. The maximum atomic E-state index is 12.1. The third-order valence-electron chi connectivity index (χ3n) is 3.75. The fourth-order valence-corrected chi connectivity index (χ4v) is 2.47. The summed E-state index contributed by atoms with van der Waals surface area (Å²) in [6, 6.07) is 9.99. The van der Waals surface area contributed by atoms with Gasteiger partial charge in [-0.25, -0.2) is 0 Å². The number of ether oxygens (including phenoxy) is 4. The summed E-state index contributed by atoms with van der Waals surface area (Å²) >= 11 is 0. The van der Waals surface area contributed by atoms with Crippen LogP contribution < -0.4 is 24.3 Å². The van der Waals surface area contributed by atoms with Crippen molar-refractivity contribution in [2.45, 2.75) is 6.92 Å². The summed E-state index contributed by atoms with van der Waals surface area (Å²) in [6.45, 7) is 2.25. The Bertz CT molecular complexity index is 833. The second-order valence-electron chi connectivity index (χ2n) is 5.62. The van der Waals surface area contributed by atoms with Gasteiger partial charge in [0.15, 0.2) is 35.4 Å². The van der Waals surface area contributed by atoms with E-state index in [1.807, 2.05) is 0 Å². The number of benzene rings is 2. The minimum absolute atomic E-state index is 0.0776. The zero-order valence-corrected chi connectivity index (χ0v) is 14.5. The van der Waals surface area contributed by atoms with Gasteiger partial charge in [-0.05, 0) is 37.3 Å². The predicted molar refractivity (Wildman–Crippen MR) is 94.6 cm³/mol. The largest absolute Gasteiger partial charge is 0.493 e. The number of ketones is 1. The molecule has 0 saturated carbocycles. The number of amides is 1. The summed E-state index contributed by atoms with van der Waals surface area (Å²) in [5, 5.41) is 2.73. The molecule has 3 rings (SSSR count). The van der Waals surface area contributed by atoms with Crippen LogP contribution in [0, 0.1) is 0 Å². The highest BCUT2D eigenvalue weighted by Crippen LogP contribution is 2.32. The molecule has 2 aromatic rings. The van der Waals surface area contributed by atoms with Crippen LogP contribution in [0.15, 0.2) is 36.4 Å². The molecule has 26 heavy (non-hydrogen) atoms. The van der Waals surface area contributed by atoms with Crippen molar-refractivity contribution in [3.8, 4) is 23.0 Å². The Labute approximate surface area is 150 Å². The normalized spacial score (nSPS) is 12.2.